The number of aromatic amines is 1. The number of amides is 1. The SMILES string of the molecule is CCc1cccc(C)c1NC(=O)c1ccc2nc[nH]c2c1. The van der Waals surface area contributed by atoms with Gasteiger partial charge in [-0.2, -0.15) is 0 Å². The highest BCUT2D eigenvalue weighted by Gasteiger charge is 2.11. The number of carbonyl (C=O) groups is 1. The van der Waals surface area contributed by atoms with Crippen LogP contribution in [0.3, 0.4) is 0 Å². The largest absolute Gasteiger partial charge is 0.345 e. The van der Waals surface area contributed by atoms with Crippen LogP contribution in [0.5, 0.6) is 0 Å². The number of hydrogen-bond acceptors (Lipinski definition) is 2. The van der Waals surface area contributed by atoms with Crippen LogP contribution < -0.4 is 5.32 Å². The Hall–Kier alpha value is -2.62. The van der Waals surface area contributed by atoms with Gasteiger partial charge in [-0.15, -0.1) is 0 Å². The van der Waals surface area contributed by atoms with Crippen LogP contribution in [-0.4, -0.2) is 15.9 Å². The lowest BCUT2D eigenvalue weighted by Gasteiger charge is -2.13. The summed E-state index contributed by atoms with van der Waals surface area (Å²) in [6, 6.07) is 11.5. The third kappa shape index (κ3) is 2.52. The van der Waals surface area contributed by atoms with E-state index in [0.717, 1.165) is 34.3 Å². The number of benzene rings is 2. The van der Waals surface area contributed by atoms with E-state index in [1.807, 2.05) is 37.3 Å². The molecule has 2 N–H and O–H groups in total. The highest BCUT2D eigenvalue weighted by molar-refractivity contribution is 6.06. The van der Waals surface area contributed by atoms with E-state index in [-0.39, 0.29) is 5.91 Å². The Morgan fingerprint density at radius 1 is 1.29 bits per heavy atom. The average molecular weight is 279 g/mol. The maximum atomic E-state index is 12.5. The fraction of sp³-hybridized carbons (Fsp3) is 0.176. The number of H-pyrrole nitrogens is 1. The Balaban J connectivity index is 1.92. The molecule has 3 aromatic rings. The molecular weight excluding hydrogens is 262 g/mol. The summed E-state index contributed by atoms with van der Waals surface area (Å²) in [7, 11) is 0. The Kier molecular flexibility index (Phi) is 3.44. The van der Waals surface area contributed by atoms with Crippen molar-refractivity contribution in [2.45, 2.75) is 20.3 Å². The van der Waals surface area contributed by atoms with Crippen molar-refractivity contribution in [3.63, 3.8) is 0 Å². The van der Waals surface area contributed by atoms with Gasteiger partial charge in [-0.1, -0.05) is 25.1 Å². The fourth-order valence-corrected chi connectivity index (χ4v) is 2.46. The zero-order valence-electron chi connectivity index (χ0n) is 12.1. The first kappa shape index (κ1) is 13.4. The molecule has 0 unspecified atom stereocenters. The molecule has 21 heavy (non-hydrogen) atoms. The van der Waals surface area contributed by atoms with Gasteiger partial charge >= 0.3 is 0 Å². The number of aromatic nitrogens is 2. The molecule has 0 aliphatic rings. The molecule has 106 valence electrons. The number of rotatable bonds is 3. The van der Waals surface area contributed by atoms with E-state index in [9.17, 15) is 4.79 Å². The zero-order valence-corrected chi connectivity index (χ0v) is 12.1. The van der Waals surface area contributed by atoms with Crippen LogP contribution in [0.15, 0.2) is 42.7 Å². The lowest BCUT2D eigenvalue weighted by molar-refractivity contribution is 0.102. The second-order valence-electron chi connectivity index (χ2n) is 5.05. The topological polar surface area (TPSA) is 57.8 Å². The van der Waals surface area contributed by atoms with Crippen molar-refractivity contribution < 1.29 is 4.79 Å². The second kappa shape index (κ2) is 5.40. The van der Waals surface area contributed by atoms with Crippen molar-refractivity contribution in [1.29, 1.82) is 0 Å². The third-order valence-electron chi connectivity index (χ3n) is 3.66. The van der Waals surface area contributed by atoms with Crippen molar-refractivity contribution in [3.8, 4) is 0 Å². The van der Waals surface area contributed by atoms with Gasteiger partial charge in [0.2, 0.25) is 0 Å². The molecule has 0 saturated carbocycles. The van der Waals surface area contributed by atoms with Gasteiger partial charge in [-0.3, -0.25) is 4.79 Å². The molecule has 4 nitrogen and oxygen atoms in total. The molecule has 0 spiro atoms. The molecule has 0 aliphatic carbocycles. The number of para-hydroxylation sites is 1. The van der Waals surface area contributed by atoms with Crippen molar-refractivity contribution in [2.24, 2.45) is 0 Å². The first-order chi connectivity index (χ1) is 10.2. The molecule has 1 heterocycles. The molecule has 1 amide bonds. The van der Waals surface area contributed by atoms with Crippen LogP contribution in [0.2, 0.25) is 0 Å². The number of fused-ring (bicyclic) bond motifs is 1. The molecule has 4 heteroatoms. The van der Waals surface area contributed by atoms with Crippen molar-refractivity contribution >= 4 is 22.6 Å². The summed E-state index contributed by atoms with van der Waals surface area (Å²) in [6.45, 7) is 4.09. The molecule has 0 atom stereocenters. The Bertz CT molecular complexity index is 805. The van der Waals surface area contributed by atoms with Crippen LogP contribution in [0, 0.1) is 6.92 Å². The molecule has 0 bridgehead atoms. The number of aryl methyl sites for hydroxylation is 2. The molecule has 0 radical (unpaired) electrons. The summed E-state index contributed by atoms with van der Waals surface area (Å²) in [5, 5.41) is 3.03. The minimum absolute atomic E-state index is 0.101. The Labute approximate surface area is 123 Å². The standard InChI is InChI=1S/C17H17N3O/c1-3-12-6-4-5-11(2)16(12)20-17(21)13-7-8-14-15(9-13)19-10-18-14/h4-10H,3H2,1-2H3,(H,18,19)(H,20,21). The summed E-state index contributed by atoms with van der Waals surface area (Å²) < 4.78 is 0. The smallest absolute Gasteiger partial charge is 0.255 e. The van der Waals surface area contributed by atoms with E-state index in [0.29, 0.717) is 5.56 Å². The van der Waals surface area contributed by atoms with Crippen LogP contribution in [-0.2, 0) is 6.42 Å². The number of nitrogens with one attached hydrogen (secondary N) is 2. The van der Waals surface area contributed by atoms with Gasteiger partial charge < -0.3 is 10.3 Å². The lowest BCUT2D eigenvalue weighted by atomic mass is 10.1. The molecule has 0 aliphatic heterocycles. The van der Waals surface area contributed by atoms with Gasteiger partial charge in [0.1, 0.15) is 0 Å². The van der Waals surface area contributed by atoms with E-state index in [4.69, 9.17) is 0 Å². The number of nitrogens with zero attached hydrogens (tertiary/aromatic N) is 1. The van der Waals surface area contributed by atoms with E-state index in [2.05, 4.69) is 22.2 Å². The van der Waals surface area contributed by atoms with Crippen molar-refractivity contribution in [2.75, 3.05) is 5.32 Å². The maximum Gasteiger partial charge on any atom is 0.255 e. The number of imidazole rings is 1. The minimum Gasteiger partial charge on any atom is -0.345 e. The van der Waals surface area contributed by atoms with Crippen molar-refractivity contribution in [3.05, 3.63) is 59.4 Å². The summed E-state index contributed by atoms with van der Waals surface area (Å²) in [4.78, 5) is 19.6. The minimum atomic E-state index is -0.101. The molecule has 3 rings (SSSR count). The summed E-state index contributed by atoms with van der Waals surface area (Å²) >= 11 is 0. The van der Waals surface area contributed by atoms with Gasteiger partial charge in [0.05, 0.1) is 17.4 Å². The summed E-state index contributed by atoms with van der Waals surface area (Å²) in [5.74, 6) is -0.101. The number of carbonyl (C=O) groups excluding carboxylic acids is 1. The van der Waals surface area contributed by atoms with Crippen LogP contribution in [0.25, 0.3) is 11.0 Å². The van der Waals surface area contributed by atoms with Crippen molar-refractivity contribution in [1.82, 2.24) is 9.97 Å². The van der Waals surface area contributed by atoms with Crippen LogP contribution in [0.4, 0.5) is 5.69 Å². The van der Waals surface area contributed by atoms with Gasteiger partial charge in [0, 0.05) is 11.3 Å². The highest BCUT2D eigenvalue weighted by Crippen LogP contribution is 2.22. The third-order valence-corrected chi connectivity index (χ3v) is 3.66. The Morgan fingerprint density at radius 2 is 2.14 bits per heavy atom. The normalized spacial score (nSPS) is 10.8. The fourth-order valence-electron chi connectivity index (χ4n) is 2.46. The Morgan fingerprint density at radius 3 is 2.95 bits per heavy atom. The number of anilines is 1. The van der Waals surface area contributed by atoms with Gasteiger partial charge in [0.15, 0.2) is 0 Å². The zero-order chi connectivity index (χ0) is 14.8. The highest BCUT2D eigenvalue weighted by atomic mass is 16.1. The molecule has 0 saturated heterocycles. The predicted octanol–water partition coefficient (Wildman–Crippen LogP) is 3.69. The second-order valence-corrected chi connectivity index (χ2v) is 5.05. The molecular formula is C17H17N3O. The summed E-state index contributed by atoms with van der Waals surface area (Å²) in [6.07, 6.45) is 2.51. The monoisotopic (exact) mass is 279 g/mol. The van der Waals surface area contributed by atoms with Crippen LogP contribution in [0.1, 0.15) is 28.4 Å². The number of hydrogen-bond donors (Lipinski definition) is 2. The average Bonchev–Trinajstić information content (AvgIpc) is 2.96. The molecule has 0 fully saturated rings. The molecule has 1 aromatic heterocycles. The van der Waals surface area contributed by atoms with E-state index >= 15 is 0 Å². The predicted molar refractivity (Wildman–Crippen MR) is 84.6 cm³/mol. The van der Waals surface area contributed by atoms with Gasteiger partial charge in [-0.05, 0) is 42.7 Å². The quantitative estimate of drug-likeness (QED) is 0.768. The molecule has 2 aromatic carbocycles. The first-order valence-corrected chi connectivity index (χ1v) is 7.02. The van der Waals surface area contributed by atoms with E-state index in [1.54, 1.807) is 12.4 Å². The first-order valence-electron chi connectivity index (χ1n) is 7.02. The maximum absolute atomic E-state index is 12.5. The van der Waals surface area contributed by atoms with Gasteiger partial charge in [-0.25, -0.2) is 4.98 Å². The van der Waals surface area contributed by atoms with Crippen LogP contribution >= 0.6 is 0 Å². The van der Waals surface area contributed by atoms with E-state index < -0.39 is 0 Å². The van der Waals surface area contributed by atoms with E-state index in [1.165, 1.54) is 0 Å². The lowest BCUT2D eigenvalue weighted by Crippen LogP contribution is -2.14. The van der Waals surface area contributed by atoms with Gasteiger partial charge in [0.25, 0.3) is 5.91 Å². The summed E-state index contributed by atoms with van der Waals surface area (Å²) in [5.41, 5.74) is 5.47.